The fourth-order valence-corrected chi connectivity index (χ4v) is 3.63. The summed E-state index contributed by atoms with van der Waals surface area (Å²) in [5.41, 5.74) is 3.30. The van der Waals surface area contributed by atoms with E-state index in [2.05, 4.69) is 35.0 Å². The van der Waals surface area contributed by atoms with Crippen molar-refractivity contribution in [1.29, 1.82) is 0 Å². The van der Waals surface area contributed by atoms with Crippen molar-refractivity contribution in [3.63, 3.8) is 0 Å². The zero-order valence-corrected chi connectivity index (χ0v) is 16.5. The number of likely N-dealkylation sites (N-methyl/N-ethyl adjacent to an activating group) is 1. The third-order valence-electron chi connectivity index (χ3n) is 5.36. The van der Waals surface area contributed by atoms with E-state index in [1.54, 1.807) is 19.2 Å². The van der Waals surface area contributed by atoms with Crippen molar-refractivity contribution in [1.82, 2.24) is 10.2 Å². The van der Waals surface area contributed by atoms with Gasteiger partial charge in [0.1, 0.15) is 11.6 Å². The molecule has 1 fully saturated rings. The van der Waals surface area contributed by atoms with Crippen molar-refractivity contribution < 1.29 is 9.13 Å². The Kier molecular flexibility index (Phi) is 6.69. The van der Waals surface area contributed by atoms with E-state index in [9.17, 15) is 4.39 Å². The summed E-state index contributed by atoms with van der Waals surface area (Å²) in [5.74, 6) is 0.665. The highest BCUT2D eigenvalue weighted by atomic mass is 19.1. The molecule has 27 heavy (non-hydrogen) atoms. The van der Waals surface area contributed by atoms with Crippen LogP contribution in [0, 0.1) is 5.82 Å². The number of methoxy groups -OCH3 is 1. The smallest absolute Gasteiger partial charge is 0.123 e. The van der Waals surface area contributed by atoms with Crippen molar-refractivity contribution in [2.75, 3.05) is 44.7 Å². The first-order valence-corrected chi connectivity index (χ1v) is 9.73. The number of ether oxygens (including phenoxy) is 1. The molecule has 1 aliphatic rings. The average Bonchev–Trinajstić information content (AvgIpc) is 2.72. The highest BCUT2D eigenvalue weighted by Gasteiger charge is 2.20. The van der Waals surface area contributed by atoms with Crippen LogP contribution in [0.25, 0.3) is 0 Å². The summed E-state index contributed by atoms with van der Waals surface area (Å²) in [6.45, 7) is 10.2. The Labute approximate surface area is 161 Å². The number of nitrogens with one attached hydrogen (secondary N) is 1. The maximum absolute atomic E-state index is 14.0. The van der Waals surface area contributed by atoms with Crippen LogP contribution in [-0.2, 0) is 6.54 Å². The van der Waals surface area contributed by atoms with E-state index in [-0.39, 0.29) is 11.9 Å². The number of hydrogen-bond acceptors (Lipinski definition) is 4. The number of benzene rings is 2. The Bertz CT molecular complexity index is 744. The van der Waals surface area contributed by atoms with Crippen LogP contribution in [0.4, 0.5) is 10.1 Å². The maximum atomic E-state index is 14.0. The Morgan fingerprint density at radius 3 is 2.59 bits per heavy atom. The largest absolute Gasteiger partial charge is 0.497 e. The number of nitrogens with zero attached hydrogens (tertiary/aromatic N) is 2. The molecule has 1 saturated heterocycles. The molecule has 1 unspecified atom stereocenters. The van der Waals surface area contributed by atoms with Crippen molar-refractivity contribution >= 4 is 5.69 Å². The predicted octanol–water partition coefficient (Wildman–Crippen LogP) is 3.83. The molecule has 1 heterocycles. The van der Waals surface area contributed by atoms with Crippen LogP contribution in [0.1, 0.15) is 31.0 Å². The SMILES string of the molecule is CCN1CCN(c2ccc(F)cc2C(C)NCc2cccc(OC)c2)CC1. The van der Waals surface area contributed by atoms with E-state index in [4.69, 9.17) is 4.74 Å². The predicted molar refractivity (Wildman–Crippen MR) is 109 cm³/mol. The van der Waals surface area contributed by atoms with Crippen molar-refractivity contribution in [3.8, 4) is 5.75 Å². The van der Waals surface area contributed by atoms with Gasteiger partial charge in [0.2, 0.25) is 0 Å². The molecule has 1 atom stereocenters. The molecule has 146 valence electrons. The van der Waals surface area contributed by atoms with Crippen LogP contribution in [-0.4, -0.2) is 44.7 Å². The van der Waals surface area contributed by atoms with Gasteiger partial charge in [0.15, 0.2) is 0 Å². The van der Waals surface area contributed by atoms with E-state index in [0.29, 0.717) is 6.54 Å². The first-order chi connectivity index (χ1) is 13.1. The molecule has 3 rings (SSSR count). The zero-order valence-electron chi connectivity index (χ0n) is 16.5. The molecule has 0 aliphatic carbocycles. The zero-order chi connectivity index (χ0) is 19.2. The Hall–Kier alpha value is -2.11. The van der Waals surface area contributed by atoms with Gasteiger partial charge in [-0.25, -0.2) is 4.39 Å². The second-order valence-corrected chi connectivity index (χ2v) is 7.08. The molecule has 0 saturated carbocycles. The number of hydrogen-bond donors (Lipinski definition) is 1. The van der Waals surface area contributed by atoms with E-state index in [1.807, 2.05) is 24.3 Å². The number of anilines is 1. The average molecular weight is 372 g/mol. The quantitative estimate of drug-likeness (QED) is 0.801. The number of rotatable bonds is 7. The lowest BCUT2D eigenvalue weighted by Gasteiger charge is -2.37. The standard InChI is InChI=1S/C22H30FN3O/c1-4-25-10-12-26(13-11-25)22-9-8-19(23)15-21(22)17(2)24-16-18-6-5-7-20(14-18)27-3/h5-9,14-15,17,24H,4,10-13,16H2,1-3H3. The summed E-state index contributed by atoms with van der Waals surface area (Å²) >= 11 is 0. The normalized spacial score (nSPS) is 16.4. The molecule has 1 N–H and O–H groups in total. The van der Waals surface area contributed by atoms with Gasteiger partial charge in [-0.15, -0.1) is 0 Å². The van der Waals surface area contributed by atoms with Gasteiger partial charge in [-0.05, 0) is 54.9 Å². The molecule has 0 amide bonds. The third-order valence-corrected chi connectivity index (χ3v) is 5.36. The summed E-state index contributed by atoms with van der Waals surface area (Å²) in [6.07, 6.45) is 0. The molecular formula is C22H30FN3O. The van der Waals surface area contributed by atoms with E-state index < -0.39 is 0 Å². The first-order valence-electron chi connectivity index (χ1n) is 9.73. The molecule has 4 nitrogen and oxygen atoms in total. The third kappa shape index (κ3) is 4.99. The molecule has 2 aromatic rings. The first kappa shape index (κ1) is 19.6. The molecule has 2 aromatic carbocycles. The van der Waals surface area contributed by atoms with Gasteiger partial charge in [-0.2, -0.15) is 0 Å². The van der Waals surface area contributed by atoms with Gasteiger partial charge >= 0.3 is 0 Å². The topological polar surface area (TPSA) is 27.7 Å². The fraction of sp³-hybridized carbons (Fsp3) is 0.455. The summed E-state index contributed by atoms with van der Waals surface area (Å²) in [5, 5.41) is 3.53. The van der Waals surface area contributed by atoms with Gasteiger partial charge in [-0.1, -0.05) is 19.1 Å². The lowest BCUT2D eigenvalue weighted by molar-refractivity contribution is 0.271. The van der Waals surface area contributed by atoms with Crippen molar-refractivity contribution in [3.05, 3.63) is 59.4 Å². The van der Waals surface area contributed by atoms with E-state index in [1.165, 1.54) is 0 Å². The molecule has 0 spiro atoms. The second-order valence-electron chi connectivity index (χ2n) is 7.08. The summed E-state index contributed by atoms with van der Waals surface area (Å²) < 4.78 is 19.3. The lowest BCUT2D eigenvalue weighted by Crippen LogP contribution is -2.46. The van der Waals surface area contributed by atoms with Gasteiger partial charge in [0, 0.05) is 44.5 Å². The molecular weight excluding hydrogens is 341 g/mol. The molecule has 5 heteroatoms. The van der Waals surface area contributed by atoms with Crippen molar-refractivity contribution in [2.24, 2.45) is 0 Å². The summed E-state index contributed by atoms with van der Waals surface area (Å²) in [6, 6.07) is 13.2. The van der Waals surface area contributed by atoms with Crippen LogP contribution in [0.15, 0.2) is 42.5 Å². The monoisotopic (exact) mass is 371 g/mol. The Balaban J connectivity index is 1.71. The van der Waals surface area contributed by atoms with E-state index in [0.717, 1.165) is 55.3 Å². The van der Waals surface area contributed by atoms with Crippen LogP contribution >= 0.6 is 0 Å². The number of halogens is 1. The fourth-order valence-electron chi connectivity index (χ4n) is 3.63. The number of piperazine rings is 1. The maximum Gasteiger partial charge on any atom is 0.123 e. The molecule has 1 aliphatic heterocycles. The molecule has 0 bridgehead atoms. The van der Waals surface area contributed by atoms with Crippen LogP contribution in [0.2, 0.25) is 0 Å². The van der Waals surface area contributed by atoms with Gasteiger partial charge < -0.3 is 19.9 Å². The van der Waals surface area contributed by atoms with Gasteiger partial charge in [0.25, 0.3) is 0 Å². The molecule has 0 radical (unpaired) electrons. The van der Waals surface area contributed by atoms with E-state index >= 15 is 0 Å². The second kappa shape index (κ2) is 9.20. The lowest BCUT2D eigenvalue weighted by atomic mass is 10.0. The van der Waals surface area contributed by atoms with Crippen LogP contribution in [0.5, 0.6) is 5.75 Å². The van der Waals surface area contributed by atoms with Crippen LogP contribution < -0.4 is 15.0 Å². The highest BCUT2D eigenvalue weighted by molar-refractivity contribution is 5.55. The minimum atomic E-state index is -0.184. The highest BCUT2D eigenvalue weighted by Crippen LogP contribution is 2.28. The van der Waals surface area contributed by atoms with Gasteiger partial charge in [0.05, 0.1) is 7.11 Å². The van der Waals surface area contributed by atoms with Gasteiger partial charge in [-0.3, -0.25) is 0 Å². The minimum absolute atomic E-state index is 0.0473. The Morgan fingerprint density at radius 2 is 1.89 bits per heavy atom. The molecule has 0 aromatic heterocycles. The van der Waals surface area contributed by atoms with Crippen molar-refractivity contribution in [2.45, 2.75) is 26.4 Å². The minimum Gasteiger partial charge on any atom is -0.497 e. The summed E-state index contributed by atoms with van der Waals surface area (Å²) in [4.78, 5) is 4.83. The summed E-state index contributed by atoms with van der Waals surface area (Å²) in [7, 11) is 1.67. The Morgan fingerprint density at radius 1 is 1.11 bits per heavy atom. The van der Waals surface area contributed by atoms with Crippen LogP contribution in [0.3, 0.4) is 0 Å².